The molecule has 0 atom stereocenters. The van der Waals surface area contributed by atoms with Crippen LogP contribution in [0.3, 0.4) is 0 Å². The molecule has 4 heteroatoms. The van der Waals surface area contributed by atoms with Gasteiger partial charge in [-0.1, -0.05) is 30.7 Å². The molecule has 0 bridgehead atoms. The average molecular weight is 293 g/mol. The van der Waals surface area contributed by atoms with Crippen molar-refractivity contribution in [3.63, 3.8) is 0 Å². The molecular formula is C16H23NO2S. The van der Waals surface area contributed by atoms with E-state index >= 15 is 0 Å². The molecule has 0 aromatic heterocycles. The van der Waals surface area contributed by atoms with Crippen LogP contribution in [0.5, 0.6) is 0 Å². The van der Waals surface area contributed by atoms with Crippen molar-refractivity contribution in [2.24, 2.45) is 0 Å². The predicted octanol–water partition coefficient (Wildman–Crippen LogP) is 3.78. The summed E-state index contributed by atoms with van der Waals surface area (Å²) in [4.78, 5) is 0.417. The third-order valence-electron chi connectivity index (χ3n) is 3.75. The minimum atomic E-state index is -3.16. The van der Waals surface area contributed by atoms with E-state index in [0.717, 1.165) is 18.7 Å². The molecule has 1 aromatic rings. The Bertz CT molecular complexity index is 576. The summed E-state index contributed by atoms with van der Waals surface area (Å²) < 4.78 is 24.1. The van der Waals surface area contributed by atoms with E-state index < -0.39 is 9.84 Å². The van der Waals surface area contributed by atoms with Crippen molar-refractivity contribution >= 4 is 15.5 Å². The molecule has 1 aliphatic rings. The minimum absolute atomic E-state index is 0.136. The zero-order chi connectivity index (χ0) is 14.4. The van der Waals surface area contributed by atoms with E-state index in [1.54, 1.807) is 19.1 Å². The zero-order valence-electron chi connectivity index (χ0n) is 12.1. The first-order chi connectivity index (χ1) is 9.63. The SMILES string of the molecule is CCS(=O)(=O)c1ccccc1NCCC1=CCCCC1. The van der Waals surface area contributed by atoms with Gasteiger partial charge >= 0.3 is 0 Å². The largest absolute Gasteiger partial charge is 0.384 e. The van der Waals surface area contributed by atoms with Crippen LogP contribution in [-0.4, -0.2) is 20.7 Å². The van der Waals surface area contributed by atoms with Crippen LogP contribution in [0.25, 0.3) is 0 Å². The Balaban J connectivity index is 2.01. The first kappa shape index (κ1) is 15.1. The van der Waals surface area contributed by atoms with Gasteiger partial charge in [-0.15, -0.1) is 0 Å². The summed E-state index contributed by atoms with van der Waals surface area (Å²) in [6, 6.07) is 7.17. The molecule has 1 N–H and O–H groups in total. The molecule has 2 rings (SSSR count). The normalized spacial score (nSPS) is 15.8. The predicted molar refractivity (Wildman–Crippen MR) is 83.8 cm³/mol. The molecule has 0 heterocycles. The second-order valence-corrected chi connectivity index (χ2v) is 7.43. The highest BCUT2D eigenvalue weighted by atomic mass is 32.2. The molecule has 0 aliphatic heterocycles. The summed E-state index contributed by atoms with van der Waals surface area (Å²) in [6.45, 7) is 2.47. The number of sulfone groups is 1. The summed E-state index contributed by atoms with van der Waals surface area (Å²) in [5, 5.41) is 3.28. The Hall–Kier alpha value is -1.29. The van der Waals surface area contributed by atoms with Gasteiger partial charge in [-0.25, -0.2) is 8.42 Å². The highest BCUT2D eigenvalue weighted by molar-refractivity contribution is 7.91. The van der Waals surface area contributed by atoms with Gasteiger partial charge in [0.25, 0.3) is 0 Å². The second-order valence-electron chi connectivity index (χ2n) is 5.18. The molecule has 0 saturated carbocycles. The summed E-state index contributed by atoms with van der Waals surface area (Å²) >= 11 is 0. The third kappa shape index (κ3) is 3.85. The molecular weight excluding hydrogens is 270 g/mol. The van der Waals surface area contributed by atoms with Crippen LogP contribution in [0.2, 0.25) is 0 Å². The van der Waals surface area contributed by atoms with Gasteiger partial charge in [-0.3, -0.25) is 0 Å². The number of rotatable bonds is 6. The number of nitrogens with one attached hydrogen (secondary N) is 1. The van der Waals surface area contributed by atoms with Crippen molar-refractivity contribution in [2.45, 2.75) is 43.9 Å². The van der Waals surface area contributed by atoms with Crippen LogP contribution in [-0.2, 0) is 9.84 Å². The highest BCUT2D eigenvalue weighted by Crippen LogP contribution is 2.23. The summed E-state index contributed by atoms with van der Waals surface area (Å²) in [5.41, 5.74) is 2.23. The standard InChI is InChI=1S/C16H23NO2S/c1-2-20(18,19)16-11-7-6-10-15(16)17-13-12-14-8-4-3-5-9-14/h6-8,10-11,17H,2-5,9,12-13H2,1H3. The van der Waals surface area contributed by atoms with Crippen LogP contribution in [0, 0.1) is 0 Å². The van der Waals surface area contributed by atoms with Gasteiger partial charge in [0.1, 0.15) is 0 Å². The highest BCUT2D eigenvalue weighted by Gasteiger charge is 2.15. The van der Waals surface area contributed by atoms with Crippen molar-refractivity contribution in [3.8, 4) is 0 Å². The minimum Gasteiger partial charge on any atom is -0.384 e. The topological polar surface area (TPSA) is 46.2 Å². The number of para-hydroxylation sites is 1. The number of allylic oxidation sites excluding steroid dienone is 1. The van der Waals surface area contributed by atoms with Crippen LogP contribution in [0.15, 0.2) is 40.8 Å². The Labute approximate surface area is 122 Å². The molecule has 20 heavy (non-hydrogen) atoms. The van der Waals surface area contributed by atoms with Crippen LogP contribution >= 0.6 is 0 Å². The number of hydrogen-bond donors (Lipinski definition) is 1. The van der Waals surface area contributed by atoms with E-state index in [9.17, 15) is 8.42 Å². The van der Waals surface area contributed by atoms with E-state index in [0.29, 0.717) is 4.90 Å². The lowest BCUT2D eigenvalue weighted by atomic mass is 9.97. The Morgan fingerprint density at radius 1 is 1.20 bits per heavy atom. The first-order valence-electron chi connectivity index (χ1n) is 7.37. The molecule has 3 nitrogen and oxygen atoms in total. The van der Waals surface area contributed by atoms with Gasteiger partial charge in [0.15, 0.2) is 9.84 Å². The van der Waals surface area contributed by atoms with Crippen LogP contribution < -0.4 is 5.32 Å². The van der Waals surface area contributed by atoms with Crippen molar-refractivity contribution in [1.29, 1.82) is 0 Å². The van der Waals surface area contributed by atoms with Crippen LogP contribution in [0.1, 0.15) is 39.0 Å². The monoisotopic (exact) mass is 293 g/mol. The van der Waals surface area contributed by atoms with E-state index in [-0.39, 0.29) is 5.75 Å². The zero-order valence-corrected chi connectivity index (χ0v) is 12.9. The molecule has 0 radical (unpaired) electrons. The summed E-state index contributed by atoms with van der Waals surface area (Å²) in [7, 11) is -3.16. The number of anilines is 1. The second kappa shape index (κ2) is 6.93. The lowest BCUT2D eigenvalue weighted by molar-refractivity contribution is 0.597. The summed E-state index contributed by atoms with van der Waals surface area (Å²) in [6.07, 6.45) is 8.30. The molecule has 110 valence electrons. The lowest BCUT2D eigenvalue weighted by Crippen LogP contribution is -2.10. The van der Waals surface area contributed by atoms with Crippen molar-refractivity contribution < 1.29 is 8.42 Å². The van der Waals surface area contributed by atoms with Gasteiger partial charge < -0.3 is 5.32 Å². The third-order valence-corrected chi connectivity index (χ3v) is 5.53. The van der Waals surface area contributed by atoms with Gasteiger partial charge in [0.2, 0.25) is 0 Å². The average Bonchev–Trinajstić information content (AvgIpc) is 2.49. The van der Waals surface area contributed by atoms with Crippen molar-refractivity contribution in [3.05, 3.63) is 35.9 Å². The number of hydrogen-bond acceptors (Lipinski definition) is 3. The summed E-state index contributed by atoms with van der Waals surface area (Å²) in [5.74, 6) is 0.136. The molecule has 0 spiro atoms. The molecule has 0 fully saturated rings. The van der Waals surface area contributed by atoms with E-state index in [1.165, 1.54) is 31.3 Å². The quantitative estimate of drug-likeness (QED) is 0.812. The van der Waals surface area contributed by atoms with Gasteiger partial charge in [0.05, 0.1) is 16.3 Å². The van der Waals surface area contributed by atoms with Crippen LogP contribution in [0.4, 0.5) is 5.69 Å². The van der Waals surface area contributed by atoms with E-state index in [4.69, 9.17) is 0 Å². The van der Waals surface area contributed by atoms with Gasteiger partial charge in [0, 0.05) is 6.54 Å². The maximum atomic E-state index is 12.0. The Kier molecular flexibility index (Phi) is 5.24. The van der Waals surface area contributed by atoms with E-state index in [2.05, 4.69) is 11.4 Å². The molecule has 0 amide bonds. The molecule has 1 aromatic carbocycles. The number of benzene rings is 1. The van der Waals surface area contributed by atoms with Crippen molar-refractivity contribution in [2.75, 3.05) is 17.6 Å². The molecule has 0 unspecified atom stereocenters. The molecule has 0 saturated heterocycles. The maximum absolute atomic E-state index is 12.0. The first-order valence-corrected chi connectivity index (χ1v) is 9.02. The fourth-order valence-corrected chi connectivity index (χ4v) is 3.60. The van der Waals surface area contributed by atoms with Gasteiger partial charge in [-0.05, 0) is 44.2 Å². The molecule has 1 aliphatic carbocycles. The Morgan fingerprint density at radius 3 is 2.70 bits per heavy atom. The van der Waals surface area contributed by atoms with Crippen molar-refractivity contribution in [1.82, 2.24) is 0 Å². The lowest BCUT2D eigenvalue weighted by Gasteiger charge is -2.15. The fraction of sp³-hybridized carbons (Fsp3) is 0.500. The Morgan fingerprint density at radius 2 is 2.00 bits per heavy atom. The maximum Gasteiger partial charge on any atom is 0.180 e. The van der Waals surface area contributed by atoms with E-state index in [1.807, 2.05) is 12.1 Å². The van der Waals surface area contributed by atoms with Gasteiger partial charge in [-0.2, -0.15) is 0 Å². The smallest absolute Gasteiger partial charge is 0.180 e. The fourth-order valence-electron chi connectivity index (χ4n) is 2.53.